The van der Waals surface area contributed by atoms with Gasteiger partial charge in [0, 0.05) is 27.5 Å². The van der Waals surface area contributed by atoms with Gasteiger partial charge in [0.2, 0.25) is 0 Å². The quantitative estimate of drug-likeness (QED) is 0.214. The second-order valence-electron chi connectivity index (χ2n) is 10.4. The van der Waals surface area contributed by atoms with E-state index < -0.39 is 0 Å². The molecule has 2 aromatic heterocycles. The van der Waals surface area contributed by atoms with Crippen LogP contribution in [0.25, 0.3) is 72.8 Å². The van der Waals surface area contributed by atoms with Gasteiger partial charge in [0.25, 0.3) is 0 Å². The Morgan fingerprint density at radius 3 is 1.58 bits per heavy atom. The summed E-state index contributed by atoms with van der Waals surface area (Å²) < 4.78 is 10.6. The molecular formula is C39H26N4. The predicted molar refractivity (Wildman–Crippen MR) is 176 cm³/mol. The van der Waals surface area contributed by atoms with Crippen LogP contribution in [0.2, 0.25) is 0 Å². The standard InChI is InChI=1S/C39H26N4/c1-4-14-27(15-5-1)30-24-25-33(36(26-30)43-34-22-12-10-20-31(34)32-21-11-13-23-35(32)43)39-41-37(28-16-6-2-7-17-28)40-38(42-39)29-18-8-3-9-19-29/h1-26H/i10D. The number of fused-ring (bicyclic) bond motifs is 3. The Bertz CT molecular complexity index is 2220. The third-order valence-electron chi connectivity index (χ3n) is 7.80. The van der Waals surface area contributed by atoms with Crippen LogP contribution in [0.4, 0.5) is 0 Å². The molecule has 0 aliphatic carbocycles. The number of aromatic nitrogens is 4. The molecular weight excluding hydrogens is 524 g/mol. The van der Waals surface area contributed by atoms with Gasteiger partial charge in [0.05, 0.1) is 18.1 Å². The van der Waals surface area contributed by atoms with Gasteiger partial charge in [-0.25, -0.2) is 15.0 Å². The third kappa shape index (κ3) is 4.46. The zero-order valence-corrected chi connectivity index (χ0v) is 23.2. The van der Waals surface area contributed by atoms with Gasteiger partial charge < -0.3 is 4.57 Å². The molecule has 0 aliphatic heterocycles. The van der Waals surface area contributed by atoms with Crippen molar-refractivity contribution in [3.63, 3.8) is 0 Å². The molecule has 0 bridgehead atoms. The highest BCUT2D eigenvalue weighted by molar-refractivity contribution is 6.09. The maximum atomic E-state index is 8.36. The average molecular weight is 552 g/mol. The lowest BCUT2D eigenvalue weighted by Gasteiger charge is -2.16. The molecule has 0 saturated heterocycles. The zero-order chi connectivity index (χ0) is 29.5. The Morgan fingerprint density at radius 1 is 0.419 bits per heavy atom. The lowest BCUT2D eigenvalue weighted by Crippen LogP contribution is -2.04. The van der Waals surface area contributed by atoms with Crippen LogP contribution in [-0.4, -0.2) is 19.5 Å². The molecule has 0 unspecified atom stereocenters. The first-order valence-electron chi connectivity index (χ1n) is 14.8. The molecule has 202 valence electrons. The van der Waals surface area contributed by atoms with Crippen molar-refractivity contribution in [2.45, 2.75) is 0 Å². The van der Waals surface area contributed by atoms with Gasteiger partial charge in [-0.1, -0.05) is 133 Å². The van der Waals surface area contributed by atoms with Gasteiger partial charge in [0.15, 0.2) is 17.5 Å². The minimum absolute atomic E-state index is 0.483. The molecule has 0 fully saturated rings. The van der Waals surface area contributed by atoms with E-state index in [-0.39, 0.29) is 0 Å². The van der Waals surface area contributed by atoms with E-state index in [0.717, 1.165) is 55.3 Å². The van der Waals surface area contributed by atoms with Crippen LogP contribution in [0.3, 0.4) is 0 Å². The minimum atomic E-state index is 0.483. The molecule has 43 heavy (non-hydrogen) atoms. The monoisotopic (exact) mass is 551 g/mol. The van der Waals surface area contributed by atoms with E-state index >= 15 is 0 Å². The van der Waals surface area contributed by atoms with Crippen molar-refractivity contribution in [2.75, 3.05) is 0 Å². The summed E-state index contributed by atoms with van der Waals surface area (Å²) in [4.78, 5) is 15.1. The number of nitrogens with zero attached hydrogens (tertiary/aromatic N) is 4. The fourth-order valence-electron chi connectivity index (χ4n) is 5.76. The number of rotatable bonds is 5. The predicted octanol–water partition coefficient (Wildman–Crippen LogP) is 9.64. The molecule has 0 N–H and O–H groups in total. The Kier molecular flexibility index (Phi) is 5.82. The summed E-state index contributed by atoms with van der Waals surface area (Å²) in [7, 11) is 0. The number of hydrogen-bond acceptors (Lipinski definition) is 3. The fraction of sp³-hybridized carbons (Fsp3) is 0. The first-order chi connectivity index (χ1) is 21.7. The fourth-order valence-corrected chi connectivity index (χ4v) is 5.76. The molecule has 8 rings (SSSR count). The second kappa shape index (κ2) is 10.5. The summed E-state index contributed by atoms with van der Waals surface area (Å²) in [5.41, 5.74) is 7.99. The molecule has 4 heteroatoms. The van der Waals surface area contributed by atoms with Crippen molar-refractivity contribution in [1.29, 1.82) is 0 Å². The largest absolute Gasteiger partial charge is 0.308 e. The molecule has 0 aliphatic rings. The number of hydrogen-bond donors (Lipinski definition) is 0. The maximum absolute atomic E-state index is 8.36. The van der Waals surface area contributed by atoms with Gasteiger partial charge in [-0.15, -0.1) is 0 Å². The lowest BCUT2D eigenvalue weighted by molar-refractivity contribution is 1.06. The zero-order valence-electron chi connectivity index (χ0n) is 24.2. The van der Waals surface area contributed by atoms with Gasteiger partial charge in [-0.3, -0.25) is 0 Å². The summed E-state index contributed by atoms with van der Waals surface area (Å²) in [5.74, 6) is 1.83. The molecule has 2 heterocycles. The van der Waals surface area contributed by atoms with Crippen molar-refractivity contribution in [1.82, 2.24) is 19.5 Å². The second-order valence-corrected chi connectivity index (χ2v) is 10.4. The van der Waals surface area contributed by atoms with E-state index in [2.05, 4.69) is 65.2 Å². The molecule has 0 radical (unpaired) electrons. The molecule has 0 spiro atoms. The van der Waals surface area contributed by atoms with Crippen LogP contribution < -0.4 is 0 Å². The van der Waals surface area contributed by atoms with E-state index in [4.69, 9.17) is 16.3 Å². The first-order valence-corrected chi connectivity index (χ1v) is 14.3. The van der Waals surface area contributed by atoms with E-state index in [1.807, 2.05) is 91.0 Å². The summed E-state index contributed by atoms with van der Waals surface area (Å²) in [6.07, 6.45) is 0. The Hall–Kier alpha value is -5.87. The highest BCUT2D eigenvalue weighted by Crippen LogP contribution is 2.38. The van der Waals surface area contributed by atoms with Crippen LogP contribution in [0.1, 0.15) is 1.37 Å². The Balaban J connectivity index is 1.45. The van der Waals surface area contributed by atoms with Crippen molar-refractivity contribution in [3.8, 4) is 51.0 Å². The lowest BCUT2D eigenvalue weighted by atomic mass is 10.0. The maximum Gasteiger partial charge on any atom is 0.166 e. The van der Waals surface area contributed by atoms with Crippen molar-refractivity contribution < 1.29 is 1.37 Å². The Labute approximate surface area is 251 Å². The molecule has 0 amide bonds. The van der Waals surface area contributed by atoms with Gasteiger partial charge in [-0.2, -0.15) is 0 Å². The van der Waals surface area contributed by atoms with Crippen LogP contribution in [0.5, 0.6) is 0 Å². The molecule has 0 atom stereocenters. The highest BCUT2D eigenvalue weighted by Gasteiger charge is 2.20. The van der Waals surface area contributed by atoms with E-state index in [1.54, 1.807) is 0 Å². The smallest absolute Gasteiger partial charge is 0.166 e. The first kappa shape index (κ1) is 23.8. The van der Waals surface area contributed by atoms with Crippen LogP contribution in [0, 0.1) is 0 Å². The third-order valence-corrected chi connectivity index (χ3v) is 7.80. The SMILES string of the molecule is [2H]c1ccc2c(c1)c1ccccc1n2-c1cc(-c2ccccc2)ccc1-c1nc(-c2ccccc2)nc(-c2ccccc2)n1. The number of benzene rings is 6. The van der Waals surface area contributed by atoms with E-state index in [1.165, 1.54) is 0 Å². The van der Waals surface area contributed by atoms with Crippen LogP contribution >= 0.6 is 0 Å². The normalized spacial score (nSPS) is 11.6. The molecule has 0 saturated carbocycles. The highest BCUT2D eigenvalue weighted by atomic mass is 15.1. The molecule has 8 aromatic rings. The van der Waals surface area contributed by atoms with E-state index in [0.29, 0.717) is 23.5 Å². The number of para-hydroxylation sites is 2. The summed E-state index contributed by atoms with van der Waals surface area (Å²) in [6.45, 7) is 0. The Morgan fingerprint density at radius 2 is 0.930 bits per heavy atom. The topological polar surface area (TPSA) is 43.6 Å². The van der Waals surface area contributed by atoms with E-state index in [9.17, 15) is 0 Å². The van der Waals surface area contributed by atoms with Gasteiger partial charge >= 0.3 is 0 Å². The average Bonchev–Trinajstić information content (AvgIpc) is 3.42. The summed E-state index contributed by atoms with van der Waals surface area (Å²) >= 11 is 0. The van der Waals surface area contributed by atoms with Crippen molar-refractivity contribution in [3.05, 3.63) is 158 Å². The summed E-state index contributed by atoms with van der Waals surface area (Å²) in [5, 5.41) is 2.13. The van der Waals surface area contributed by atoms with Crippen LogP contribution in [-0.2, 0) is 0 Å². The van der Waals surface area contributed by atoms with Crippen LogP contribution in [0.15, 0.2) is 158 Å². The van der Waals surface area contributed by atoms with Crippen molar-refractivity contribution >= 4 is 21.8 Å². The van der Waals surface area contributed by atoms with Gasteiger partial charge in [-0.05, 0) is 35.4 Å². The molecule has 4 nitrogen and oxygen atoms in total. The minimum Gasteiger partial charge on any atom is -0.308 e. The molecule has 6 aromatic carbocycles. The van der Waals surface area contributed by atoms with Gasteiger partial charge in [0.1, 0.15) is 0 Å². The van der Waals surface area contributed by atoms with Crippen molar-refractivity contribution in [2.24, 2.45) is 0 Å². The summed E-state index contributed by atoms with van der Waals surface area (Å²) in [6, 6.07) is 51.7.